The number of aromatic hydroxyl groups is 1. The Morgan fingerprint density at radius 2 is 1.68 bits per heavy atom. The second-order valence-corrected chi connectivity index (χ2v) is 6.97. The van der Waals surface area contributed by atoms with Gasteiger partial charge in [0.25, 0.3) is 0 Å². The highest BCUT2D eigenvalue weighted by molar-refractivity contribution is 5.42. The number of benzene rings is 1. The van der Waals surface area contributed by atoms with Crippen molar-refractivity contribution in [1.29, 1.82) is 0 Å². The smallest absolute Gasteiger partial charge is 0.121 e. The lowest BCUT2D eigenvalue weighted by Crippen LogP contribution is -2.22. The summed E-state index contributed by atoms with van der Waals surface area (Å²) in [7, 11) is 0. The van der Waals surface area contributed by atoms with Crippen molar-refractivity contribution in [2.24, 2.45) is 23.7 Å². The third-order valence-electron chi connectivity index (χ3n) is 5.83. The monoisotopic (exact) mass is 257 g/mol. The zero-order chi connectivity index (χ0) is 13.1. The molecule has 2 bridgehead atoms. The third kappa shape index (κ3) is 1.73. The summed E-state index contributed by atoms with van der Waals surface area (Å²) in [4.78, 5) is 0. The van der Waals surface area contributed by atoms with Gasteiger partial charge in [-0.05, 0) is 73.5 Å². The largest absolute Gasteiger partial charge is 0.507 e. The lowest BCUT2D eigenvalue weighted by molar-refractivity contribution is 0.456. The topological polar surface area (TPSA) is 32.3 Å². The Hall–Kier alpha value is -1.02. The Morgan fingerprint density at radius 1 is 1.11 bits per heavy atom. The Bertz CT molecular complexity index is 485. The molecule has 1 aromatic rings. The van der Waals surface area contributed by atoms with E-state index < -0.39 is 0 Å². The summed E-state index contributed by atoms with van der Waals surface area (Å²) in [5.74, 6) is 4.52. The molecular weight excluding hydrogens is 234 g/mol. The highest BCUT2D eigenvalue weighted by atomic mass is 16.3. The lowest BCUT2D eigenvalue weighted by atomic mass is 10.0. The summed E-state index contributed by atoms with van der Waals surface area (Å²) >= 11 is 0. The number of fused-ring (bicyclic) bond motifs is 5. The van der Waals surface area contributed by atoms with Gasteiger partial charge in [0.1, 0.15) is 5.75 Å². The van der Waals surface area contributed by atoms with Crippen LogP contribution >= 0.6 is 0 Å². The van der Waals surface area contributed by atoms with Gasteiger partial charge in [-0.25, -0.2) is 0 Å². The molecule has 0 amide bonds. The first-order valence-corrected chi connectivity index (χ1v) is 7.67. The molecule has 19 heavy (non-hydrogen) atoms. The van der Waals surface area contributed by atoms with Crippen molar-refractivity contribution in [3.05, 3.63) is 28.8 Å². The van der Waals surface area contributed by atoms with Gasteiger partial charge in [0, 0.05) is 12.6 Å². The number of rotatable bonds is 3. The molecule has 4 rings (SSSR count). The zero-order valence-corrected chi connectivity index (χ0v) is 11.8. The van der Waals surface area contributed by atoms with Crippen LogP contribution < -0.4 is 5.32 Å². The molecule has 0 heterocycles. The van der Waals surface area contributed by atoms with E-state index in [4.69, 9.17) is 0 Å². The highest BCUT2D eigenvalue weighted by Crippen LogP contribution is 2.65. The average Bonchev–Trinajstić information content (AvgIpc) is 2.78. The Kier molecular flexibility index (Phi) is 2.47. The SMILES string of the molecule is Cc1cc(CNC2C3C4CCC(C4)C23)cc(C)c1O. The number of nitrogens with one attached hydrogen (secondary N) is 1. The average molecular weight is 257 g/mol. The first-order chi connectivity index (χ1) is 9.15. The van der Waals surface area contributed by atoms with Crippen LogP contribution in [0.5, 0.6) is 5.75 Å². The minimum absolute atomic E-state index is 0.449. The summed E-state index contributed by atoms with van der Waals surface area (Å²) < 4.78 is 0. The van der Waals surface area contributed by atoms with Gasteiger partial charge < -0.3 is 10.4 Å². The predicted molar refractivity (Wildman–Crippen MR) is 76.0 cm³/mol. The number of hydrogen-bond acceptors (Lipinski definition) is 2. The summed E-state index contributed by atoms with van der Waals surface area (Å²) in [6.07, 6.45) is 4.49. The molecule has 3 aliphatic rings. The molecule has 2 N–H and O–H groups in total. The Labute approximate surface area is 115 Å². The van der Waals surface area contributed by atoms with E-state index in [0.717, 1.165) is 47.4 Å². The maximum atomic E-state index is 9.81. The first-order valence-electron chi connectivity index (χ1n) is 7.67. The molecule has 2 heteroatoms. The number of aryl methyl sites for hydroxylation is 2. The first kappa shape index (κ1) is 11.8. The summed E-state index contributed by atoms with van der Waals surface area (Å²) in [6, 6.07) is 5.02. The van der Waals surface area contributed by atoms with E-state index in [9.17, 15) is 5.11 Å². The van der Waals surface area contributed by atoms with E-state index in [2.05, 4.69) is 17.4 Å². The Morgan fingerprint density at radius 3 is 2.26 bits per heavy atom. The summed E-state index contributed by atoms with van der Waals surface area (Å²) in [5.41, 5.74) is 3.30. The third-order valence-corrected chi connectivity index (χ3v) is 5.83. The van der Waals surface area contributed by atoms with E-state index in [1.54, 1.807) is 0 Å². The fourth-order valence-corrected chi connectivity index (χ4v) is 4.98. The Balaban J connectivity index is 1.41. The summed E-state index contributed by atoms with van der Waals surface area (Å²) in [5, 5.41) is 13.6. The van der Waals surface area contributed by atoms with Gasteiger partial charge in [-0.15, -0.1) is 0 Å². The minimum atomic E-state index is 0.449. The van der Waals surface area contributed by atoms with Crippen LogP contribution in [-0.2, 0) is 6.54 Å². The maximum Gasteiger partial charge on any atom is 0.121 e. The van der Waals surface area contributed by atoms with Crippen molar-refractivity contribution in [1.82, 2.24) is 5.32 Å². The van der Waals surface area contributed by atoms with Gasteiger partial charge in [0.15, 0.2) is 0 Å². The molecule has 2 nitrogen and oxygen atoms in total. The van der Waals surface area contributed by atoms with E-state index in [-0.39, 0.29) is 0 Å². The van der Waals surface area contributed by atoms with Crippen LogP contribution in [0.2, 0.25) is 0 Å². The molecule has 3 aliphatic carbocycles. The number of phenolic OH excluding ortho intramolecular Hbond substituents is 1. The van der Waals surface area contributed by atoms with E-state index in [1.807, 2.05) is 13.8 Å². The van der Waals surface area contributed by atoms with Crippen molar-refractivity contribution in [2.75, 3.05) is 0 Å². The number of phenols is 1. The second kappa shape index (κ2) is 3.99. The normalized spacial score (nSPS) is 38.5. The molecule has 4 atom stereocenters. The van der Waals surface area contributed by atoms with Crippen LogP contribution in [0.25, 0.3) is 0 Å². The van der Waals surface area contributed by atoms with E-state index >= 15 is 0 Å². The van der Waals surface area contributed by atoms with Crippen molar-refractivity contribution in [3.63, 3.8) is 0 Å². The lowest BCUT2D eigenvalue weighted by Gasteiger charge is -2.12. The van der Waals surface area contributed by atoms with E-state index in [1.165, 1.54) is 24.8 Å². The van der Waals surface area contributed by atoms with Gasteiger partial charge >= 0.3 is 0 Å². The second-order valence-electron chi connectivity index (χ2n) is 6.97. The van der Waals surface area contributed by atoms with Crippen molar-refractivity contribution >= 4 is 0 Å². The highest BCUT2D eigenvalue weighted by Gasteiger charge is 2.64. The van der Waals surface area contributed by atoms with Gasteiger partial charge in [-0.3, -0.25) is 0 Å². The molecule has 4 unspecified atom stereocenters. The molecule has 0 saturated heterocycles. The fourth-order valence-electron chi connectivity index (χ4n) is 4.98. The van der Waals surface area contributed by atoms with Crippen LogP contribution in [0, 0.1) is 37.5 Å². The number of hydrogen-bond donors (Lipinski definition) is 2. The van der Waals surface area contributed by atoms with Crippen LogP contribution in [0.1, 0.15) is 36.0 Å². The molecule has 3 saturated carbocycles. The van der Waals surface area contributed by atoms with Gasteiger partial charge in [-0.2, -0.15) is 0 Å². The molecule has 102 valence electrons. The van der Waals surface area contributed by atoms with Crippen molar-refractivity contribution < 1.29 is 5.11 Å². The van der Waals surface area contributed by atoms with E-state index in [0.29, 0.717) is 5.75 Å². The predicted octanol–water partition coefficient (Wildman–Crippen LogP) is 3.14. The minimum Gasteiger partial charge on any atom is -0.507 e. The molecule has 0 aromatic heterocycles. The molecule has 0 radical (unpaired) electrons. The molecule has 1 aromatic carbocycles. The molecular formula is C17H23NO. The van der Waals surface area contributed by atoms with Crippen molar-refractivity contribution in [3.8, 4) is 5.75 Å². The zero-order valence-electron chi connectivity index (χ0n) is 11.8. The van der Waals surface area contributed by atoms with Crippen molar-refractivity contribution in [2.45, 2.75) is 45.7 Å². The maximum absolute atomic E-state index is 9.81. The van der Waals surface area contributed by atoms with Crippen LogP contribution in [0.3, 0.4) is 0 Å². The van der Waals surface area contributed by atoms with Crippen LogP contribution in [0.15, 0.2) is 12.1 Å². The van der Waals surface area contributed by atoms with Gasteiger partial charge in [0.2, 0.25) is 0 Å². The van der Waals surface area contributed by atoms with Gasteiger partial charge in [-0.1, -0.05) is 12.1 Å². The summed E-state index contributed by atoms with van der Waals surface area (Å²) in [6.45, 7) is 4.93. The quantitative estimate of drug-likeness (QED) is 0.872. The molecule has 0 spiro atoms. The van der Waals surface area contributed by atoms with Crippen LogP contribution in [-0.4, -0.2) is 11.1 Å². The standard InChI is InChI=1S/C17H23NO/c1-9-5-11(6-10(2)17(9)19)8-18-16-14-12-3-4-13(7-12)15(14)16/h5-6,12-16,18-19H,3-4,7-8H2,1-2H3. The molecule has 3 fully saturated rings. The van der Waals surface area contributed by atoms with Gasteiger partial charge in [0.05, 0.1) is 0 Å². The molecule has 0 aliphatic heterocycles. The van der Waals surface area contributed by atoms with Crippen LogP contribution in [0.4, 0.5) is 0 Å². The fraction of sp³-hybridized carbons (Fsp3) is 0.647.